The number of carbonyl (C=O) groups is 1. The highest BCUT2D eigenvalue weighted by Gasteiger charge is 2.08. The Kier molecular flexibility index (Phi) is 5.46. The van der Waals surface area contributed by atoms with Crippen molar-refractivity contribution in [1.82, 2.24) is 10.4 Å². The number of hydrogen-bond donors (Lipinski definition) is 1. The molecule has 5 nitrogen and oxygen atoms in total. The van der Waals surface area contributed by atoms with Crippen LogP contribution < -0.4 is 10.2 Å². The molecule has 1 heterocycles. The SMILES string of the molecule is COc1c(Br)cc(Br)cc1/C=N/NC(=O)c1ccncc1. The van der Waals surface area contributed by atoms with Gasteiger partial charge in [-0.1, -0.05) is 15.9 Å². The van der Waals surface area contributed by atoms with Crippen LogP contribution in [0.2, 0.25) is 0 Å². The van der Waals surface area contributed by atoms with E-state index in [-0.39, 0.29) is 5.91 Å². The normalized spacial score (nSPS) is 10.6. The third-order valence-electron chi connectivity index (χ3n) is 2.55. The molecule has 1 amide bonds. The van der Waals surface area contributed by atoms with E-state index in [4.69, 9.17) is 4.74 Å². The van der Waals surface area contributed by atoms with Gasteiger partial charge in [0.2, 0.25) is 0 Å². The third kappa shape index (κ3) is 4.12. The Hall–Kier alpha value is -1.73. The Balaban J connectivity index is 2.13. The minimum absolute atomic E-state index is 0.304. The minimum atomic E-state index is -0.304. The van der Waals surface area contributed by atoms with Gasteiger partial charge >= 0.3 is 0 Å². The van der Waals surface area contributed by atoms with Crippen LogP contribution in [0.15, 0.2) is 50.7 Å². The van der Waals surface area contributed by atoms with Gasteiger partial charge in [0.15, 0.2) is 0 Å². The van der Waals surface area contributed by atoms with Gasteiger partial charge in [-0.2, -0.15) is 5.10 Å². The number of carbonyl (C=O) groups excluding carboxylic acids is 1. The minimum Gasteiger partial charge on any atom is -0.495 e. The number of nitrogens with one attached hydrogen (secondary N) is 1. The molecule has 0 fully saturated rings. The fourth-order valence-electron chi connectivity index (χ4n) is 1.62. The van der Waals surface area contributed by atoms with E-state index < -0.39 is 0 Å². The van der Waals surface area contributed by atoms with Gasteiger partial charge in [-0.05, 0) is 40.2 Å². The molecule has 2 rings (SSSR count). The average molecular weight is 413 g/mol. The van der Waals surface area contributed by atoms with Crippen LogP contribution in [-0.2, 0) is 0 Å². The molecule has 21 heavy (non-hydrogen) atoms. The molecule has 0 atom stereocenters. The van der Waals surface area contributed by atoms with Gasteiger partial charge in [-0.3, -0.25) is 9.78 Å². The molecule has 1 aromatic carbocycles. The fraction of sp³-hybridized carbons (Fsp3) is 0.0714. The Morgan fingerprint density at radius 2 is 2.05 bits per heavy atom. The number of benzene rings is 1. The maximum atomic E-state index is 11.8. The van der Waals surface area contributed by atoms with Crippen molar-refractivity contribution in [3.05, 3.63) is 56.7 Å². The molecular weight excluding hydrogens is 402 g/mol. The number of aromatic nitrogens is 1. The van der Waals surface area contributed by atoms with E-state index in [1.807, 2.05) is 12.1 Å². The van der Waals surface area contributed by atoms with Gasteiger partial charge in [0.25, 0.3) is 5.91 Å². The molecule has 1 aromatic heterocycles. The summed E-state index contributed by atoms with van der Waals surface area (Å²) in [6, 6.07) is 6.93. The molecule has 1 N–H and O–H groups in total. The molecule has 0 saturated heterocycles. The maximum Gasteiger partial charge on any atom is 0.271 e. The lowest BCUT2D eigenvalue weighted by molar-refractivity contribution is 0.0955. The van der Waals surface area contributed by atoms with E-state index in [1.54, 1.807) is 31.6 Å². The summed E-state index contributed by atoms with van der Waals surface area (Å²) in [4.78, 5) is 15.7. The van der Waals surface area contributed by atoms with Crippen LogP contribution in [0.5, 0.6) is 5.75 Å². The van der Waals surface area contributed by atoms with E-state index in [0.717, 1.165) is 14.5 Å². The number of pyridine rings is 1. The highest BCUT2D eigenvalue weighted by molar-refractivity contribution is 9.11. The van der Waals surface area contributed by atoms with Crippen molar-refractivity contribution in [2.75, 3.05) is 7.11 Å². The Morgan fingerprint density at radius 1 is 1.33 bits per heavy atom. The lowest BCUT2D eigenvalue weighted by Crippen LogP contribution is -2.17. The van der Waals surface area contributed by atoms with Gasteiger partial charge < -0.3 is 4.74 Å². The third-order valence-corrected chi connectivity index (χ3v) is 3.60. The first-order valence-electron chi connectivity index (χ1n) is 5.88. The summed E-state index contributed by atoms with van der Waals surface area (Å²) in [6.45, 7) is 0. The predicted molar refractivity (Wildman–Crippen MR) is 87.7 cm³/mol. The molecule has 108 valence electrons. The summed E-state index contributed by atoms with van der Waals surface area (Å²) in [5, 5.41) is 3.94. The lowest BCUT2D eigenvalue weighted by atomic mass is 10.2. The smallest absolute Gasteiger partial charge is 0.271 e. The summed E-state index contributed by atoms with van der Waals surface area (Å²) in [5.41, 5.74) is 3.67. The van der Waals surface area contributed by atoms with Crippen molar-refractivity contribution in [3.63, 3.8) is 0 Å². The van der Waals surface area contributed by atoms with Crippen molar-refractivity contribution in [1.29, 1.82) is 0 Å². The molecule has 0 spiro atoms. The second-order valence-electron chi connectivity index (χ2n) is 3.95. The summed E-state index contributed by atoms with van der Waals surface area (Å²) in [6.07, 6.45) is 4.62. The van der Waals surface area contributed by atoms with Crippen molar-refractivity contribution < 1.29 is 9.53 Å². The zero-order chi connectivity index (χ0) is 15.2. The monoisotopic (exact) mass is 411 g/mol. The van der Waals surface area contributed by atoms with Gasteiger partial charge in [-0.25, -0.2) is 5.43 Å². The number of halogens is 2. The standard InChI is InChI=1S/C14H11Br2N3O2/c1-21-13-10(6-11(15)7-12(13)16)8-18-19-14(20)9-2-4-17-5-3-9/h2-8H,1H3,(H,19,20)/b18-8+. The highest BCUT2D eigenvalue weighted by Crippen LogP contribution is 2.31. The summed E-state index contributed by atoms with van der Waals surface area (Å²) in [7, 11) is 1.57. The van der Waals surface area contributed by atoms with E-state index in [1.165, 1.54) is 6.21 Å². The molecule has 0 bridgehead atoms. The van der Waals surface area contributed by atoms with E-state index in [9.17, 15) is 4.79 Å². The van der Waals surface area contributed by atoms with Gasteiger partial charge in [0.1, 0.15) is 5.75 Å². The summed E-state index contributed by atoms with van der Waals surface area (Å²) < 4.78 is 6.96. The van der Waals surface area contributed by atoms with Crippen LogP contribution >= 0.6 is 31.9 Å². The second-order valence-corrected chi connectivity index (χ2v) is 5.72. The van der Waals surface area contributed by atoms with E-state index >= 15 is 0 Å². The topological polar surface area (TPSA) is 63.6 Å². The first-order chi connectivity index (χ1) is 10.1. The van der Waals surface area contributed by atoms with Crippen molar-refractivity contribution >= 4 is 44.0 Å². The van der Waals surface area contributed by atoms with E-state index in [2.05, 4.69) is 47.4 Å². The first kappa shape index (κ1) is 15.7. The maximum absolute atomic E-state index is 11.8. The highest BCUT2D eigenvalue weighted by atomic mass is 79.9. The molecule has 0 radical (unpaired) electrons. The quantitative estimate of drug-likeness (QED) is 0.618. The average Bonchev–Trinajstić information content (AvgIpc) is 2.47. The van der Waals surface area contributed by atoms with Crippen LogP contribution in [0, 0.1) is 0 Å². The lowest BCUT2D eigenvalue weighted by Gasteiger charge is -2.07. The Labute approximate surface area is 138 Å². The molecule has 0 unspecified atom stereocenters. The molecule has 0 aliphatic rings. The molecular formula is C14H11Br2N3O2. The first-order valence-corrected chi connectivity index (χ1v) is 7.47. The zero-order valence-electron chi connectivity index (χ0n) is 11.0. The fourth-order valence-corrected chi connectivity index (χ4v) is 3.04. The molecule has 2 aromatic rings. The number of amides is 1. The molecule has 0 aliphatic heterocycles. The Bertz CT molecular complexity index is 675. The number of ether oxygens (including phenoxy) is 1. The van der Waals surface area contributed by atoms with Gasteiger partial charge in [-0.15, -0.1) is 0 Å². The Morgan fingerprint density at radius 3 is 2.71 bits per heavy atom. The molecule has 0 aliphatic carbocycles. The predicted octanol–water partition coefficient (Wildman–Crippen LogP) is 3.38. The van der Waals surface area contributed by atoms with Crippen molar-refractivity contribution in [2.45, 2.75) is 0 Å². The number of hydrazone groups is 1. The van der Waals surface area contributed by atoms with E-state index in [0.29, 0.717) is 11.3 Å². The molecule has 0 saturated carbocycles. The van der Waals surface area contributed by atoms with Crippen LogP contribution in [0.1, 0.15) is 15.9 Å². The number of hydrogen-bond acceptors (Lipinski definition) is 4. The number of methoxy groups -OCH3 is 1. The van der Waals surface area contributed by atoms with Crippen molar-refractivity contribution in [2.24, 2.45) is 5.10 Å². The van der Waals surface area contributed by atoms with Crippen LogP contribution in [-0.4, -0.2) is 24.2 Å². The van der Waals surface area contributed by atoms with Crippen LogP contribution in [0.25, 0.3) is 0 Å². The number of rotatable bonds is 4. The number of nitrogens with zero attached hydrogens (tertiary/aromatic N) is 2. The second kappa shape index (κ2) is 7.33. The molecule has 7 heteroatoms. The largest absolute Gasteiger partial charge is 0.495 e. The zero-order valence-corrected chi connectivity index (χ0v) is 14.2. The van der Waals surface area contributed by atoms with Crippen LogP contribution in [0.4, 0.5) is 0 Å². The van der Waals surface area contributed by atoms with Crippen LogP contribution in [0.3, 0.4) is 0 Å². The van der Waals surface area contributed by atoms with Gasteiger partial charge in [0.05, 0.1) is 17.8 Å². The summed E-state index contributed by atoms with van der Waals surface area (Å²) in [5.74, 6) is 0.335. The summed E-state index contributed by atoms with van der Waals surface area (Å²) >= 11 is 6.80. The van der Waals surface area contributed by atoms with Gasteiger partial charge in [0, 0.05) is 28.0 Å². The van der Waals surface area contributed by atoms with Crippen molar-refractivity contribution in [3.8, 4) is 5.75 Å².